The lowest BCUT2D eigenvalue weighted by Crippen LogP contribution is -2.52. The van der Waals surface area contributed by atoms with Crippen LogP contribution in [0.15, 0.2) is 0 Å². The first-order chi connectivity index (χ1) is 5.73. The lowest BCUT2D eigenvalue weighted by Gasteiger charge is -2.42. The molecule has 3 nitrogen and oxygen atoms in total. The minimum absolute atomic E-state index is 0.524. The van der Waals surface area contributed by atoms with Crippen LogP contribution >= 0.6 is 0 Å². The monoisotopic (exact) mass is 169 g/mol. The smallest absolute Gasteiger partial charge is 0.0232 e. The molecule has 0 aromatic rings. The highest BCUT2D eigenvalue weighted by Gasteiger charge is 2.40. The number of hydrogen-bond donors (Lipinski definition) is 1. The van der Waals surface area contributed by atoms with Crippen molar-refractivity contribution in [3.8, 4) is 0 Å². The second-order valence-electron chi connectivity index (χ2n) is 4.29. The second-order valence-corrected chi connectivity index (χ2v) is 4.29. The van der Waals surface area contributed by atoms with Gasteiger partial charge < -0.3 is 4.90 Å². The topological polar surface area (TPSA) is 32.5 Å². The molecule has 12 heavy (non-hydrogen) atoms. The zero-order valence-corrected chi connectivity index (χ0v) is 7.92. The number of piperidine rings is 1. The van der Waals surface area contributed by atoms with E-state index in [0.29, 0.717) is 5.54 Å². The lowest BCUT2D eigenvalue weighted by atomic mass is 9.86. The standard InChI is InChI=1S/C9H19N3/c1-11-6-2-3-9(11)4-7-12(10)8-5-9/h2-8,10H2,1H3. The molecule has 70 valence electrons. The summed E-state index contributed by atoms with van der Waals surface area (Å²) in [6, 6.07) is 0. The van der Waals surface area contributed by atoms with Crippen LogP contribution in [0.5, 0.6) is 0 Å². The molecule has 1 spiro atoms. The summed E-state index contributed by atoms with van der Waals surface area (Å²) in [6.07, 6.45) is 5.29. The van der Waals surface area contributed by atoms with E-state index in [1.807, 2.05) is 5.01 Å². The van der Waals surface area contributed by atoms with Gasteiger partial charge in [-0.2, -0.15) is 0 Å². The molecule has 0 atom stereocenters. The van der Waals surface area contributed by atoms with Gasteiger partial charge in [0.25, 0.3) is 0 Å². The van der Waals surface area contributed by atoms with Crippen molar-refractivity contribution in [2.24, 2.45) is 5.84 Å². The predicted molar refractivity (Wildman–Crippen MR) is 49.6 cm³/mol. The van der Waals surface area contributed by atoms with Gasteiger partial charge in [0.05, 0.1) is 0 Å². The Labute approximate surface area is 74.5 Å². The van der Waals surface area contributed by atoms with Crippen molar-refractivity contribution in [2.45, 2.75) is 31.2 Å². The van der Waals surface area contributed by atoms with Crippen LogP contribution in [0.3, 0.4) is 0 Å². The average Bonchev–Trinajstić information content (AvgIpc) is 2.41. The molecule has 0 amide bonds. The third-order valence-corrected chi connectivity index (χ3v) is 3.67. The van der Waals surface area contributed by atoms with E-state index < -0.39 is 0 Å². The largest absolute Gasteiger partial charge is 0.301 e. The van der Waals surface area contributed by atoms with Gasteiger partial charge in [-0.15, -0.1) is 0 Å². The summed E-state index contributed by atoms with van der Waals surface area (Å²) in [7, 11) is 2.26. The Balaban J connectivity index is 2.02. The van der Waals surface area contributed by atoms with Crippen molar-refractivity contribution >= 4 is 0 Å². The molecule has 0 aliphatic carbocycles. The third-order valence-electron chi connectivity index (χ3n) is 3.67. The Morgan fingerprint density at radius 3 is 2.25 bits per heavy atom. The van der Waals surface area contributed by atoms with Gasteiger partial charge in [0.2, 0.25) is 0 Å². The maximum Gasteiger partial charge on any atom is 0.0232 e. The summed E-state index contributed by atoms with van der Waals surface area (Å²) < 4.78 is 0. The Hall–Kier alpha value is -0.120. The van der Waals surface area contributed by atoms with E-state index in [1.165, 1.54) is 32.2 Å². The minimum atomic E-state index is 0.524. The molecule has 0 radical (unpaired) electrons. The fraction of sp³-hybridized carbons (Fsp3) is 1.00. The average molecular weight is 169 g/mol. The minimum Gasteiger partial charge on any atom is -0.301 e. The molecule has 2 saturated heterocycles. The first-order valence-corrected chi connectivity index (χ1v) is 4.94. The van der Waals surface area contributed by atoms with Gasteiger partial charge in [0, 0.05) is 18.6 Å². The summed E-state index contributed by atoms with van der Waals surface area (Å²) >= 11 is 0. The Morgan fingerprint density at radius 1 is 1.08 bits per heavy atom. The number of hydrogen-bond acceptors (Lipinski definition) is 3. The third kappa shape index (κ3) is 1.26. The van der Waals surface area contributed by atoms with E-state index in [9.17, 15) is 0 Å². The van der Waals surface area contributed by atoms with Crippen molar-refractivity contribution in [3.63, 3.8) is 0 Å². The highest BCUT2D eigenvalue weighted by molar-refractivity contribution is 4.97. The van der Waals surface area contributed by atoms with Gasteiger partial charge in [0.15, 0.2) is 0 Å². The van der Waals surface area contributed by atoms with Crippen molar-refractivity contribution in [1.29, 1.82) is 0 Å². The Morgan fingerprint density at radius 2 is 1.75 bits per heavy atom. The highest BCUT2D eigenvalue weighted by atomic mass is 15.4. The fourth-order valence-electron chi connectivity index (χ4n) is 2.65. The number of hydrazine groups is 1. The van der Waals surface area contributed by atoms with E-state index in [4.69, 9.17) is 5.84 Å². The van der Waals surface area contributed by atoms with E-state index in [0.717, 1.165) is 13.1 Å². The van der Waals surface area contributed by atoms with Gasteiger partial charge >= 0.3 is 0 Å². The summed E-state index contributed by atoms with van der Waals surface area (Å²) in [4.78, 5) is 2.54. The van der Waals surface area contributed by atoms with Crippen molar-refractivity contribution in [1.82, 2.24) is 9.91 Å². The van der Waals surface area contributed by atoms with Crippen LogP contribution in [0.25, 0.3) is 0 Å². The molecular weight excluding hydrogens is 150 g/mol. The van der Waals surface area contributed by atoms with Crippen LogP contribution in [-0.2, 0) is 0 Å². The SMILES string of the molecule is CN1CCCC12CCN(N)CC2. The van der Waals surface area contributed by atoms with Gasteiger partial charge in [-0.3, -0.25) is 5.84 Å². The number of nitrogens with zero attached hydrogens (tertiary/aromatic N) is 2. The summed E-state index contributed by atoms with van der Waals surface area (Å²) in [5, 5.41) is 1.96. The van der Waals surface area contributed by atoms with Crippen LogP contribution < -0.4 is 5.84 Å². The van der Waals surface area contributed by atoms with Gasteiger partial charge in [0.1, 0.15) is 0 Å². The molecule has 0 aromatic heterocycles. The normalized spacial score (nSPS) is 31.5. The quantitative estimate of drug-likeness (QED) is 0.533. The van der Waals surface area contributed by atoms with Crippen LogP contribution in [0.4, 0.5) is 0 Å². The maximum absolute atomic E-state index is 5.75. The molecule has 0 saturated carbocycles. The fourth-order valence-corrected chi connectivity index (χ4v) is 2.65. The molecule has 0 bridgehead atoms. The molecule has 2 heterocycles. The zero-order chi connectivity index (χ0) is 8.60. The van der Waals surface area contributed by atoms with E-state index in [2.05, 4.69) is 11.9 Å². The molecule has 2 fully saturated rings. The van der Waals surface area contributed by atoms with E-state index in [1.54, 1.807) is 0 Å². The molecular formula is C9H19N3. The molecule has 2 rings (SSSR count). The Kier molecular flexibility index (Phi) is 2.10. The molecule has 2 aliphatic heterocycles. The maximum atomic E-state index is 5.75. The van der Waals surface area contributed by atoms with Crippen LogP contribution in [0.2, 0.25) is 0 Å². The second kappa shape index (κ2) is 2.98. The van der Waals surface area contributed by atoms with Crippen LogP contribution in [0, 0.1) is 0 Å². The Bertz CT molecular complexity index is 161. The van der Waals surface area contributed by atoms with Crippen molar-refractivity contribution < 1.29 is 0 Å². The first kappa shape index (κ1) is 8.48. The molecule has 3 heteroatoms. The molecule has 0 aromatic carbocycles. The van der Waals surface area contributed by atoms with Gasteiger partial charge in [-0.05, 0) is 39.3 Å². The van der Waals surface area contributed by atoms with Gasteiger partial charge in [-0.1, -0.05) is 0 Å². The van der Waals surface area contributed by atoms with Crippen molar-refractivity contribution in [2.75, 3.05) is 26.7 Å². The number of rotatable bonds is 0. The number of likely N-dealkylation sites (tertiary alicyclic amines) is 1. The number of nitrogens with two attached hydrogens (primary N) is 1. The van der Waals surface area contributed by atoms with E-state index in [-0.39, 0.29) is 0 Å². The van der Waals surface area contributed by atoms with Crippen molar-refractivity contribution in [3.05, 3.63) is 0 Å². The summed E-state index contributed by atoms with van der Waals surface area (Å²) in [6.45, 7) is 3.43. The molecule has 2 aliphatic rings. The predicted octanol–water partition coefficient (Wildman–Crippen LogP) is 0.420. The van der Waals surface area contributed by atoms with Crippen LogP contribution in [-0.4, -0.2) is 42.1 Å². The van der Waals surface area contributed by atoms with Crippen LogP contribution in [0.1, 0.15) is 25.7 Å². The van der Waals surface area contributed by atoms with Gasteiger partial charge in [-0.25, -0.2) is 5.01 Å². The summed E-state index contributed by atoms with van der Waals surface area (Å²) in [5.41, 5.74) is 0.524. The molecule has 0 unspecified atom stereocenters. The first-order valence-electron chi connectivity index (χ1n) is 4.94. The highest BCUT2D eigenvalue weighted by Crippen LogP contribution is 2.36. The summed E-state index contributed by atoms with van der Waals surface area (Å²) in [5.74, 6) is 5.75. The molecule has 2 N–H and O–H groups in total. The van der Waals surface area contributed by atoms with E-state index >= 15 is 0 Å². The lowest BCUT2D eigenvalue weighted by molar-refractivity contribution is 0.0709. The zero-order valence-electron chi connectivity index (χ0n) is 7.92.